The van der Waals surface area contributed by atoms with E-state index < -0.39 is 0 Å². The van der Waals surface area contributed by atoms with E-state index in [4.69, 9.17) is 11.6 Å². The van der Waals surface area contributed by atoms with Gasteiger partial charge in [0.2, 0.25) is 0 Å². The smallest absolute Gasteiger partial charge is 0.0551 e. The van der Waals surface area contributed by atoms with Gasteiger partial charge in [0.25, 0.3) is 0 Å². The van der Waals surface area contributed by atoms with Gasteiger partial charge in [0.05, 0.1) is 5.02 Å². The monoisotopic (exact) mass is 357 g/mol. The number of nitrogens with one attached hydrogen (secondary N) is 1. The summed E-state index contributed by atoms with van der Waals surface area (Å²) >= 11 is 11.5. The Bertz CT molecular complexity index is 553. The summed E-state index contributed by atoms with van der Waals surface area (Å²) in [6.07, 6.45) is 2.11. The lowest BCUT2D eigenvalue weighted by Gasteiger charge is -2.16. The van der Waals surface area contributed by atoms with Crippen LogP contribution in [0.25, 0.3) is 0 Å². The van der Waals surface area contributed by atoms with Crippen molar-refractivity contribution >= 4 is 38.9 Å². The highest BCUT2D eigenvalue weighted by Crippen LogP contribution is 2.29. The molecule has 0 bridgehead atoms. The van der Waals surface area contributed by atoms with Crippen LogP contribution < -0.4 is 5.32 Å². The molecular formula is C15H17BrClNS. The standard InChI is InChI=1S/C15H17BrClNS/c1-3-11-5-6-12(19-11)9-15(18-2)10-4-7-13(16)14(17)8-10/h4-8,15,18H,3,9H2,1-2H3. The van der Waals surface area contributed by atoms with Crippen LogP contribution in [0.2, 0.25) is 5.02 Å². The molecule has 1 aromatic heterocycles. The summed E-state index contributed by atoms with van der Waals surface area (Å²) in [5, 5.41) is 4.14. The van der Waals surface area contributed by atoms with Crippen molar-refractivity contribution in [2.75, 3.05) is 7.05 Å². The number of hydrogen-bond acceptors (Lipinski definition) is 2. The quantitative estimate of drug-likeness (QED) is 0.771. The summed E-state index contributed by atoms with van der Waals surface area (Å²) in [5.41, 5.74) is 1.22. The highest BCUT2D eigenvalue weighted by atomic mass is 79.9. The first kappa shape index (κ1) is 15.0. The molecule has 1 nitrogen and oxygen atoms in total. The maximum absolute atomic E-state index is 6.17. The number of hydrogen-bond donors (Lipinski definition) is 1. The Balaban J connectivity index is 2.17. The van der Waals surface area contributed by atoms with E-state index in [0.717, 1.165) is 22.3 Å². The van der Waals surface area contributed by atoms with E-state index in [1.807, 2.05) is 30.5 Å². The second kappa shape index (κ2) is 6.89. The predicted octanol–water partition coefficient (Wildman–Crippen LogP) is 5.23. The maximum Gasteiger partial charge on any atom is 0.0551 e. The van der Waals surface area contributed by atoms with Gasteiger partial charge in [-0.2, -0.15) is 0 Å². The van der Waals surface area contributed by atoms with E-state index in [-0.39, 0.29) is 0 Å². The highest BCUT2D eigenvalue weighted by molar-refractivity contribution is 9.10. The largest absolute Gasteiger partial charge is 0.313 e. The van der Waals surface area contributed by atoms with Gasteiger partial charge in [-0.25, -0.2) is 0 Å². The van der Waals surface area contributed by atoms with Crippen LogP contribution >= 0.6 is 38.9 Å². The number of thiophene rings is 1. The van der Waals surface area contributed by atoms with Crippen LogP contribution in [-0.2, 0) is 12.8 Å². The van der Waals surface area contributed by atoms with Gasteiger partial charge in [-0.3, -0.25) is 0 Å². The first-order valence-electron chi connectivity index (χ1n) is 6.33. The molecule has 1 aromatic carbocycles. The van der Waals surface area contributed by atoms with Crippen molar-refractivity contribution in [3.8, 4) is 0 Å². The fraction of sp³-hybridized carbons (Fsp3) is 0.333. The molecule has 1 N–H and O–H groups in total. The number of likely N-dealkylation sites (N-methyl/N-ethyl adjacent to an activating group) is 1. The lowest BCUT2D eigenvalue weighted by atomic mass is 10.0. The molecule has 0 aliphatic carbocycles. The summed E-state index contributed by atoms with van der Waals surface area (Å²) in [6, 6.07) is 10.9. The Morgan fingerprint density at radius 1 is 1.26 bits per heavy atom. The first-order valence-corrected chi connectivity index (χ1v) is 8.32. The van der Waals surface area contributed by atoms with Gasteiger partial charge in [0.1, 0.15) is 0 Å². The number of halogens is 2. The molecule has 0 aliphatic heterocycles. The molecule has 102 valence electrons. The number of aryl methyl sites for hydroxylation is 1. The van der Waals surface area contributed by atoms with Crippen molar-refractivity contribution < 1.29 is 0 Å². The molecular weight excluding hydrogens is 342 g/mol. The second-order valence-electron chi connectivity index (χ2n) is 4.44. The lowest BCUT2D eigenvalue weighted by molar-refractivity contribution is 0.596. The van der Waals surface area contributed by atoms with Crippen molar-refractivity contribution in [1.82, 2.24) is 5.32 Å². The summed E-state index contributed by atoms with van der Waals surface area (Å²) in [6.45, 7) is 2.19. The van der Waals surface area contributed by atoms with Crippen LogP contribution in [0.3, 0.4) is 0 Å². The number of benzene rings is 1. The Morgan fingerprint density at radius 2 is 2.00 bits per heavy atom. The van der Waals surface area contributed by atoms with Gasteiger partial charge in [-0.15, -0.1) is 11.3 Å². The van der Waals surface area contributed by atoms with Crippen LogP contribution in [0.15, 0.2) is 34.8 Å². The summed E-state index contributed by atoms with van der Waals surface area (Å²) in [4.78, 5) is 2.86. The molecule has 0 aliphatic rings. The van der Waals surface area contributed by atoms with Crippen molar-refractivity contribution in [3.05, 3.63) is 55.1 Å². The molecule has 4 heteroatoms. The van der Waals surface area contributed by atoms with Crippen LogP contribution in [0, 0.1) is 0 Å². The second-order valence-corrected chi connectivity index (χ2v) is 6.95. The summed E-state index contributed by atoms with van der Waals surface area (Å²) in [5.74, 6) is 0. The number of rotatable bonds is 5. The Hall–Kier alpha value is -0.350. The lowest BCUT2D eigenvalue weighted by Crippen LogP contribution is -2.18. The van der Waals surface area contributed by atoms with Gasteiger partial charge < -0.3 is 5.32 Å². The van der Waals surface area contributed by atoms with E-state index in [2.05, 4.69) is 46.4 Å². The van der Waals surface area contributed by atoms with E-state index >= 15 is 0 Å². The van der Waals surface area contributed by atoms with E-state index in [1.54, 1.807) is 0 Å². The molecule has 1 atom stereocenters. The average molecular weight is 359 g/mol. The zero-order valence-electron chi connectivity index (χ0n) is 11.0. The molecule has 0 radical (unpaired) electrons. The molecule has 2 rings (SSSR count). The van der Waals surface area contributed by atoms with E-state index in [9.17, 15) is 0 Å². The van der Waals surface area contributed by atoms with E-state index in [0.29, 0.717) is 6.04 Å². The van der Waals surface area contributed by atoms with Crippen LogP contribution in [0.5, 0.6) is 0 Å². The van der Waals surface area contributed by atoms with Crippen molar-refractivity contribution in [3.63, 3.8) is 0 Å². The molecule has 0 saturated heterocycles. The molecule has 1 unspecified atom stereocenters. The third kappa shape index (κ3) is 3.82. The molecule has 0 spiro atoms. The Labute approximate surface area is 132 Å². The van der Waals surface area contributed by atoms with Crippen molar-refractivity contribution in [2.45, 2.75) is 25.8 Å². The third-order valence-electron chi connectivity index (χ3n) is 3.17. The van der Waals surface area contributed by atoms with Crippen molar-refractivity contribution in [2.24, 2.45) is 0 Å². The van der Waals surface area contributed by atoms with Gasteiger partial charge in [-0.1, -0.05) is 24.6 Å². The SMILES string of the molecule is CCc1ccc(CC(NC)c2ccc(Br)c(Cl)c2)s1. The van der Waals surface area contributed by atoms with Gasteiger partial charge in [0, 0.05) is 26.7 Å². The van der Waals surface area contributed by atoms with E-state index in [1.165, 1.54) is 15.3 Å². The fourth-order valence-corrected chi connectivity index (χ4v) is 3.48. The van der Waals surface area contributed by atoms with Gasteiger partial charge in [0.15, 0.2) is 0 Å². The molecule has 1 heterocycles. The maximum atomic E-state index is 6.17. The normalized spacial score (nSPS) is 12.6. The third-order valence-corrected chi connectivity index (χ3v) is 5.65. The van der Waals surface area contributed by atoms with Crippen LogP contribution in [0.1, 0.15) is 28.3 Å². The molecule has 0 saturated carbocycles. The Kier molecular flexibility index (Phi) is 5.46. The van der Waals surface area contributed by atoms with Crippen LogP contribution in [0.4, 0.5) is 0 Å². The van der Waals surface area contributed by atoms with Gasteiger partial charge >= 0.3 is 0 Å². The minimum atomic E-state index is 0.300. The predicted molar refractivity (Wildman–Crippen MR) is 88.4 cm³/mol. The zero-order valence-corrected chi connectivity index (χ0v) is 14.2. The Morgan fingerprint density at radius 3 is 2.58 bits per heavy atom. The summed E-state index contributed by atoms with van der Waals surface area (Å²) < 4.78 is 0.942. The fourth-order valence-electron chi connectivity index (χ4n) is 2.04. The van der Waals surface area contributed by atoms with Gasteiger partial charge in [-0.05, 0) is 59.2 Å². The average Bonchev–Trinajstić information content (AvgIpc) is 2.87. The highest BCUT2D eigenvalue weighted by Gasteiger charge is 2.12. The molecule has 19 heavy (non-hydrogen) atoms. The molecule has 0 fully saturated rings. The van der Waals surface area contributed by atoms with Crippen molar-refractivity contribution in [1.29, 1.82) is 0 Å². The summed E-state index contributed by atoms with van der Waals surface area (Å²) in [7, 11) is 1.99. The minimum absolute atomic E-state index is 0.300. The molecule has 0 amide bonds. The molecule has 2 aromatic rings. The first-order chi connectivity index (χ1) is 9.13. The topological polar surface area (TPSA) is 12.0 Å². The van der Waals surface area contributed by atoms with Crippen LogP contribution in [-0.4, -0.2) is 7.05 Å². The zero-order chi connectivity index (χ0) is 13.8. The minimum Gasteiger partial charge on any atom is -0.313 e.